The van der Waals surface area contributed by atoms with Gasteiger partial charge in [-0.25, -0.2) is 0 Å². The number of hydrogen-bond donors (Lipinski definition) is 2. The zero-order valence-corrected chi connectivity index (χ0v) is 23.4. The molecule has 0 fully saturated rings. The van der Waals surface area contributed by atoms with Gasteiger partial charge in [0.1, 0.15) is 0 Å². The lowest BCUT2D eigenvalue weighted by atomic mass is 10.0. The van der Waals surface area contributed by atoms with Crippen LogP contribution < -0.4 is 10.6 Å². The highest BCUT2D eigenvalue weighted by molar-refractivity contribution is 6.11. The molecule has 38 heavy (non-hydrogen) atoms. The quantitative estimate of drug-likeness (QED) is 0.0979. The Morgan fingerprint density at radius 3 is 1.42 bits per heavy atom. The van der Waals surface area contributed by atoms with Crippen molar-refractivity contribution in [3.8, 4) is 0 Å². The Bertz CT molecular complexity index is 925. The molecule has 0 aromatic heterocycles. The third-order valence-corrected chi connectivity index (χ3v) is 6.88. The van der Waals surface area contributed by atoms with Gasteiger partial charge in [-0.05, 0) is 30.7 Å². The molecule has 0 radical (unpaired) electrons. The summed E-state index contributed by atoms with van der Waals surface area (Å²) in [5, 5.41) is 5.65. The number of benzene rings is 2. The smallest absolute Gasteiger partial charge is 0.232 e. The third-order valence-electron chi connectivity index (χ3n) is 6.88. The number of nitrogens with one attached hydrogen (secondary N) is 2. The van der Waals surface area contributed by atoms with Gasteiger partial charge in [-0.3, -0.25) is 14.4 Å². The predicted molar refractivity (Wildman–Crippen MR) is 159 cm³/mol. The van der Waals surface area contributed by atoms with E-state index in [0.29, 0.717) is 23.4 Å². The van der Waals surface area contributed by atoms with Crippen LogP contribution in [0.5, 0.6) is 0 Å². The topological polar surface area (TPSA) is 75.3 Å². The van der Waals surface area contributed by atoms with E-state index in [1.807, 2.05) is 6.07 Å². The van der Waals surface area contributed by atoms with Crippen molar-refractivity contribution in [3.05, 3.63) is 60.2 Å². The molecule has 0 aliphatic carbocycles. The molecule has 2 rings (SSSR count). The second-order valence-electron chi connectivity index (χ2n) is 10.3. The summed E-state index contributed by atoms with van der Waals surface area (Å²) in [4.78, 5) is 36.6. The van der Waals surface area contributed by atoms with E-state index in [1.165, 1.54) is 83.5 Å². The molecule has 0 aliphatic heterocycles. The zero-order valence-electron chi connectivity index (χ0n) is 23.4. The Kier molecular flexibility index (Phi) is 16.5. The first-order valence-electron chi connectivity index (χ1n) is 14.9. The van der Waals surface area contributed by atoms with Crippen molar-refractivity contribution >= 4 is 29.0 Å². The van der Waals surface area contributed by atoms with Gasteiger partial charge in [-0.15, -0.1) is 0 Å². The van der Waals surface area contributed by atoms with Gasteiger partial charge < -0.3 is 10.6 Å². The number of ketones is 1. The van der Waals surface area contributed by atoms with Crippen LogP contribution in [0.3, 0.4) is 0 Å². The summed E-state index contributed by atoms with van der Waals surface area (Å²) in [6.45, 7) is 2.27. The van der Waals surface area contributed by atoms with Crippen molar-refractivity contribution in [2.24, 2.45) is 0 Å². The minimum Gasteiger partial charge on any atom is -0.326 e. The molecule has 2 aromatic rings. The molecule has 2 amide bonds. The molecule has 0 heterocycles. The molecular formula is C33H48N2O3. The number of carbonyl (C=O) groups is 3. The van der Waals surface area contributed by atoms with Crippen LogP contribution in [0.15, 0.2) is 54.6 Å². The Labute approximate surface area is 230 Å². The number of carbonyl (C=O) groups excluding carboxylic acids is 3. The van der Waals surface area contributed by atoms with Crippen LogP contribution in [-0.2, 0) is 9.59 Å². The Morgan fingerprint density at radius 1 is 0.526 bits per heavy atom. The van der Waals surface area contributed by atoms with Crippen LogP contribution in [0.2, 0.25) is 0 Å². The molecule has 2 N–H and O–H groups in total. The van der Waals surface area contributed by atoms with Crippen LogP contribution in [0, 0.1) is 0 Å². The van der Waals surface area contributed by atoms with Gasteiger partial charge in [0.15, 0.2) is 5.78 Å². The van der Waals surface area contributed by atoms with E-state index in [9.17, 15) is 14.4 Å². The van der Waals surface area contributed by atoms with E-state index in [2.05, 4.69) is 17.6 Å². The lowest BCUT2D eigenvalue weighted by Gasteiger charge is -2.08. The third kappa shape index (κ3) is 14.7. The molecule has 0 unspecified atom stereocenters. The van der Waals surface area contributed by atoms with Gasteiger partial charge in [-0.2, -0.15) is 0 Å². The van der Waals surface area contributed by atoms with E-state index in [1.54, 1.807) is 48.5 Å². The minimum absolute atomic E-state index is 0.0185. The van der Waals surface area contributed by atoms with E-state index >= 15 is 0 Å². The first-order valence-corrected chi connectivity index (χ1v) is 14.9. The van der Waals surface area contributed by atoms with Crippen LogP contribution >= 0.6 is 0 Å². The summed E-state index contributed by atoms with van der Waals surface area (Å²) in [5.41, 5.74) is 1.82. The van der Waals surface area contributed by atoms with Crippen LogP contribution in [0.1, 0.15) is 126 Å². The number of anilines is 2. The first-order chi connectivity index (χ1) is 18.6. The normalized spacial score (nSPS) is 10.8. The zero-order chi connectivity index (χ0) is 27.3. The molecule has 0 atom stereocenters. The highest BCUT2D eigenvalue weighted by Gasteiger charge is 2.12. The lowest BCUT2D eigenvalue weighted by Crippen LogP contribution is -2.16. The maximum absolute atomic E-state index is 12.2. The summed E-state index contributed by atoms with van der Waals surface area (Å²) in [7, 11) is 0. The van der Waals surface area contributed by atoms with Crippen LogP contribution in [0.4, 0.5) is 11.4 Å². The van der Waals surface area contributed by atoms with Crippen molar-refractivity contribution in [2.75, 3.05) is 10.6 Å². The Hall–Kier alpha value is -2.95. The van der Waals surface area contributed by atoms with Crippen LogP contribution in [-0.4, -0.2) is 17.6 Å². The molecule has 208 valence electrons. The number of hydrogen-bond acceptors (Lipinski definition) is 3. The summed E-state index contributed by atoms with van der Waals surface area (Å²) in [5.74, 6) is -0.556. The molecule has 0 bridgehead atoms. The maximum atomic E-state index is 12.2. The molecule has 2 aromatic carbocycles. The van der Waals surface area contributed by atoms with Gasteiger partial charge in [0, 0.05) is 23.4 Å². The van der Waals surface area contributed by atoms with Crippen molar-refractivity contribution in [2.45, 2.75) is 116 Å². The first kappa shape index (κ1) is 31.3. The van der Waals surface area contributed by atoms with E-state index in [0.717, 1.165) is 12.8 Å². The molecule has 0 saturated heterocycles. The van der Waals surface area contributed by atoms with Gasteiger partial charge >= 0.3 is 0 Å². The molecule has 0 spiro atoms. The largest absolute Gasteiger partial charge is 0.326 e. The van der Waals surface area contributed by atoms with Gasteiger partial charge in [0.05, 0.1) is 6.42 Å². The minimum atomic E-state index is -0.358. The monoisotopic (exact) mass is 520 g/mol. The number of unbranched alkanes of at least 4 members (excludes halogenated alkanes) is 14. The van der Waals surface area contributed by atoms with Crippen molar-refractivity contribution in [1.82, 2.24) is 0 Å². The molecule has 0 saturated carbocycles. The Morgan fingerprint density at radius 2 is 0.947 bits per heavy atom. The summed E-state index contributed by atoms with van der Waals surface area (Å²) in [6.07, 6.45) is 20.0. The summed E-state index contributed by atoms with van der Waals surface area (Å²) < 4.78 is 0. The Balaban J connectivity index is 1.47. The van der Waals surface area contributed by atoms with Crippen molar-refractivity contribution in [1.29, 1.82) is 0 Å². The van der Waals surface area contributed by atoms with E-state index in [4.69, 9.17) is 0 Å². The van der Waals surface area contributed by atoms with Crippen molar-refractivity contribution in [3.63, 3.8) is 0 Å². The number of rotatable bonds is 21. The average Bonchev–Trinajstić information content (AvgIpc) is 2.92. The standard InChI is InChI=1S/C33H48N2O3/c1-2-3-4-5-6-7-8-9-10-11-12-13-14-15-19-22-32(37)34-29-23-25-30(26-24-29)35-33(38)27-31(36)28-20-17-16-18-21-28/h16-18,20-21,23-26H,2-15,19,22,27H2,1H3,(H,34,37)(H,35,38). The second-order valence-corrected chi connectivity index (χ2v) is 10.3. The molecule has 5 heteroatoms. The molecule has 5 nitrogen and oxygen atoms in total. The number of amides is 2. The van der Waals surface area contributed by atoms with E-state index < -0.39 is 0 Å². The highest BCUT2D eigenvalue weighted by atomic mass is 16.2. The fourth-order valence-corrected chi connectivity index (χ4v) is 4.59. The fraction of sp³-hybridized carbons (Fsp3) is 0.545. The second kappa shape index (κ2) is 20.1. The lowest BCUT2D eigenvalue weighted by molar-refractivity contribution is -0.116. The van der Waals surface area contributed by atoms with Gasteiger partial charge in [0.25, 0.3) is 0 Å². The highest BCUT2D eigenvalue weighted by Crippen LogP contribution is 2.16. The predicted octanol–water partition coefficient (Wildman–Crippen LogP) is 9.10. The van der Waals surface area contributed by atoms with Crippen LogP contribution in [0.25, 0.3) is 0 Å². The van der Waals surface area contributed by atoms with Gasteiger partial charge in [-0.1, -0.05) is 127 Å². The maximum Gasteiger partial charge on any atom is 0.232 e. The summed E-state index contributed by atoms with van der Waals surface area (Å²) in [6, 6.07) is 15.8. The fourth-order valence-electron chi connectivity index (χ4n) is 4.59. The molecule has 0 aliphatic rings. The summed E-state index contributed by atoms with van der Waals surface area (Å²) >= 11 is 0. The van der Waals surface area contributed by atoms with E-state index in [-0.39, 0.29) is 24.0 Å². The average molecular weight is 521 g/mol. The number of Topliss-reactive ketones (excluding diaryl/α,β-unsaturated/α-hetero) is 1. The molecular weight excluding hydrogens is 472 g/mol. The van der Waals surface area contributed by atoms with Crippen molar-refractivity contribution < 1.29 is 14.4 Å². The SMILES string of the molecule is CCCCCCCCCCCCCCCCCC(=O)Nc1ccc(NC(=O)CC(=O)c2ccccc2)cc1. The van der Waals surface area contributed by atoms with Gasteiger partial charge in [0.2, 0.25) is 11.8 Å².